The summed E-state index contributed by atoms with van der Waals surface area (Å²) in [6, 6.07) is 7.46. The van der Waals surface area contributed by atoms with Crippen LogP contribution in [0, 0.1) is 0 Å². The molecule has 1 N–H and O–H groups in total. The molecule has 1 aliphatic heterocycles. The van der Waals surface area contributed by atoms with Crippen LogP contribution in [-0.2, 0) is 11.3 Å². The average molecular weight is 263 g/mol. The Morgan fingerprint density at radius 1 is 1.42 bits per heavy atom. The van der Waals surface area contributed by atoms with Gasteiger partial charge in [-0.15, -0.1) is 0 Å². The minimum atomic E-state index is -0.680. The van der Waals surface area contributed by atoms with Gasteiger partial charge in [0.05, 0.1) is 25.3 Å². The number of hydrogen-bond acceptors (Lipinski definition) is 3. The zero-order valence-corrected chi connectivity index (χ0v) is 11.6. The second kappa shape index (κ2) is 5.72. The second-order valence-electron chi connectivity index (χ2n) is 5.23. The average Bonchev–Trinajstić information content (AvgIpc) is 2.36. The van der Waals surface area contributed by atoms with E-state index in [1.165, 1.54) is 0 Å². The number of ether oxygens (including phenoxy) is 1. The van der Waals surface area contributed by atoms with Crippen molar-refractivity contribution < 1.29 is 14.6 Å². The van der Waals surface area contributed by atoms with Gasteiger partial charge >= 0.3 is 0 Å². The molecule has 0 aliphatic carbocycles. The molecule has 0 saturated carbocycles. The monoisotopic (exact) mass is 263 g/mol. The second-order valence-corrected chi connectivity index (χ2v) is 5.23. The van der Waals surface area contributed by atoms with E-state index in [0.29, 0.717) is 25.3 Å². The van der Waals surface area contributed by atoms with E-state index in [-0.39, 0.29) is 5.91 Å². The molecule has 1 saturated heterocycles. The van der Waals surface area contributed by atoms with E-state index in [9.17, 15) is 9.90 Å². The lowest BCUT2D eigenvalue weighted by atomic mass is 9.88. The standard InChI is InChI=1S/C15H21NO3/c1-3-8-15(18)10-16(11-15)14(17)13-7-5-4-6-12(13)9-19-2/h4-7,18H,3,8-11H2,1-2H3. The van der Waals surface area contributed by atoms with Crippen LogP contribution in [0.5, 0.6) is 0 Å². The van der Waals surface area contributed by atoms with Gasteiger partial charge in [-0.05, 0) is 18.1 Å². The van der Waals surface area contributed by atoms with Gasteiger partial charge in [-0.1, -0.05) is 31.5 Å². The maximum atomic E-state index is 12.4. The van der Waals surface area contributed by atoms with Crippen LogP contribution in [0.25, 0.3) is 0 Å². The summed E-state index contributed by atoms with van der Waals surface area (Å²) in [5, 5.41) is 10.1. The third-order valence-electron chi connectivity index (χ3n) is 3.52. The molecule has 0 aromatic heterocycles. The molecule has 1 aliphatic rings. The molecule has 0 unspecified atom stereocenters. The van der Waals surface area contributed by atoms with E-state index in [4.69, 9.17) is 4.74 Å². The van der Waals surface area contributed by atoms with Gasteiger partial charge in [-0.2, -0.15) is 0 Å². The number of β-amino-alcohol motifs (C(OH)–C–C–N with tert-alkyl or cyclic N) is 1. The van der Waals surface area contributed by atoms with Gasteiger partial charge in [-0.3, -0.25) is 4.79 Å². The number of hydrogen-bond donors (Lipinski definition) is 1. The van der Waals surface area contributed by atoms with Crippen LogP contribution in [0.1, 0.15) is 35.7 Å². The lowest BCUT2D eigenvalue weighted by molar-refractivity contribution is -0.0860. The highest BCUT2D eigenvalue weighted by molar-refractivity contribution is 5.96. The highest BCUT2D eigenvalue weighted by atomic mass is 16.5. The third-order valence-corrected chi connectivity index (χ3v) is 3.52. The van der Waals surface area contributed by atoms with E-state index < -0.39 is 5.60 Å². The summed E-state index contributed by atoms with van der Waals surface area (Å²) in [6.45, 7) is 3.33. The highest BCUT2D eigenvalue weighted by Gasteiger charge is 2.43. The van der Waals surface area contributed by atoms with Gasteiger partial charge in [0.15, 0.2) is 0 Å². The molecule has 0 atom stereocenters. The predicted octanol–water partition coefficient (Wildman–Crippen LogP) is 1.82. The van der Waals surface area contributed by atoms with Gasteiger partial charge < -0.3 is 14.7 Å². The SMILES string of the molecule is CCCC1(O)CN(C(=O)c2ccccc2COC)C1. The lowest BCUT2D eigenvalue weighted by Gasteiger charge is -2.46. The molecule has 4 heteroatoms. The number of amides is 1. The Labute approximate surface area is 114 Å². The van der Waals surface area contributed by atoms with Crippen molar-refractivity contribution in [2.45, 2.75) is 32.0 Å². The minimum Gasteiger partial charge on any atom is -0.386 e. The Bertz CT molecular complexity index is 452. The molecule has 1 aromatic carbocycles. The summed E-state index contributed by atoms with van der Waals surface area (Å²) < 4.78 is 5.11. The van der Waals surface area contributed by atoms with E-state index in [2.05, 4.69) is 0 Å². The van der Waals surface area contributed by atoms with Crippen LogP contribution in [0.3, 0.4) is 0 Å². The Kier molecular flexibility index (Phi) is 4.22. The normalized spacial score (nSPS) is 17.1. The van der Waals surface area contributed by atoms with Crippen LogP contribution in [0.15, 0.2) is 24.3 Å². The number of aliphatic hydroxyl groups is 1. The Morgan fingerprint density at radius 2 is 2.11 bits per heavy atom. The fourth-order valence-electron chi connectivity index (χ4n) is 2.61. The summed E-state index contributed by atoms with van der Waals surface area (Å²) in [6.07, 6.45) is 1.68. The van der Waals surface area contributed by atoms with Crippen molar-refractivity contribution in [3.05, 3.63) is 35.4 Å². The highest BCUT2D eigenvalue weighted by Crippen LogP contribution is 2.28. The van der Waals surface area contributed by atoms with E-state index in [1.54, 1.807) is 12.0 Å². The molecule has 0 bridgehead atoms. The number of nitrogens with zero attached hydrogens (tertiary/aromatic N) is 1. The third kappa shape index (κ3) is 2.96. The van der Waals surface area contributed by atoms with Gasteiger partial charge in [0.2, 0.25) is 0 Å². The van der Waals surface area contributed by atoms with Crippen LogP contribution in [0.4, 0.5) is 0 Å². The predicted molar refractivity (Wildman–Crippen MR) is 72.9 cm³/mol. The quantitative estimate of drug-likeness (QED) is 0.881. The van der Waals surface area contributed by atoms with Crippen molar-refractivity contribution in [3.8, 4) is 0 Å². The molecule has 2 rings (SSSR count). The minimum absolute atomic E-state index is 0.0200. The fourth-order valence-corrected chi connectivity index (χ4v) is 2.61. The van der Waals surface area contributed by atoms with Gasteiger partial charge in [-0.25, -0.2) is 0 Å². The number of carbonyl (C=O) groups excluding carboxylic acids is 1. The first-order chi connectivity index (χ1) is 9.09. The van der Waals surface area contributed by atoms with Crippen molar-refractivity contribution in [1.29, 1.82) is 0 Å². The molecular weight excluding hydrogens is 242 g/mol. The molecule has 1 fully saturated rings. The van der Waals surface area contributed by atoms with Crippen molar-refractivity contribution in [1.82, 2.24) is 4.90 Å². The molecule has 1 heterocycles. The van der Waals surface area contributed by atoms with Gasteiger partial charge in [0.25, 0.3) is 5.91 Å². The largest absolute Gasteiger partial charge is 0.386 e. The lowest BCUT2D eigenvalue weighted by Crippen LogP contribution is -2.63. The maximum absolute atomic E-state index is 12.4. The summed E-state index contributed by atoms with van der Waals surface area (Å²) in [5.41, 5.74) is 0.879. The topological polar surface area (TPSA) is 49.8 Å². The van der Waals surface area contributed by atoms with E-state index >= 15 is 0 Å². The van der Waals surface area contributed by atoms with Crippen molar-refractivity contribution in [3.63, 3.8) is 0 Å². The Balaban J connectivity index is 2.06. The molecule has 0 radical (unpaired) electrons. The van der Waals surface area contributed by atoms with Crippen LogP contribution < -0.4 is 0 Å². The first-order valence-electron chi connectivity index (χ1n) is 6.68. The number of benzene rings is 1. The smallest absolute Gasteiger partial charge is 0.254 e. The van der Waals surface area contributed by atoms with Gasteiger partial charge in [0, 0.05) is 12.7 Å². The molecule has 4 nitrogen and oxygen atoms in total. The fraction of sp³-hybridized carbons (Fsp3) is 0.533. The molecule has 1 amide bonds. The number of carbonyl (C=O) groups is 1. The number of methoxy groups -OCH3 is 1. The number of rotatable bonds is 5. The van der Waals surface area contributed by atoms with Gasteiger partial charge in [0.1, 0.15) is 0 Å². The molecule has 0 spiro atoms. The maximum Gasteiger partial charge on any atom is 0.254 e. The number of likely N-dealkylation sites (tertiary alicyclic amines) is 1. The van der Waals surface area contributed by atoms with Crippen molar-refractivity contribution >= 4 is 5.91 Å². The molecule has 104 valence electrons. The molecular formula is C15H21NO3. The zero-order valence-electron chi connectivity index (χ0n) is 11.6. The van der Waals surface area contributed by atoms with Crippen molar-refractivity contribution in [2.24, 2.45) is 0 Å². The molecule has 1 aromatic rings. The Morgan fingerprint density at radius 3 is 2.74 bits per heavy atom. The zero-order chi connectivity index (χ0) is 13.9. The van der Waals surface area contributed by atoms with Crippen LogP contribution in [-0.4, -0.2) is 41.7 Å². The van der Waals surface area contributed by atoms with Crippen LogP contribution in [0.2, 0.25) is 0 Å². The van der Waals surface area contributed by atoms with Crippen molar-refractivity contribution in [2.75, 3.05) is 20.2 Å². The molecule has 19 heavy (non-hydrogen) atoms. The van der Waals surface area contributed by atoms with E-state index in [0.717, 1.165) is 18.4 Å². The first kappa shape index (κ1) is 14.0. The summed E-state index contributed by atoms with van der Waals surface area (Å²) in [4.78, 5) is 14.1. The van der Waals surface area contributed by atoms with Crippen LogP contribution >= 0.6 is 0 Å². The summed E-state index contributed by atoms with van der Waals surface area (Å²) in [7, 11) is 1.62. The Hall–Kier alpha value is -1.39. The summed E-state index contributed by atoms with van der Waals surface area (Å²) >= 11 is 0. The summed E-state index contributed by atoms with van der Waals surface area (Å²) in [5.74, 6) is -0.0200. The van der Waals surface area contributed by atoms with E-state index in [1.807, 2.05) is 31.2 Å². The first-order valence-corrected chi connectivity index (χ1v) is 6.68.